The van der Waals surface area contributed by atoms with Gasteiger partial charge in [-0.05, 0) is 24.7 Å². The average molecular weight is 304 g/mol. The molecular weight excluding hydrogens is 284 g/mol. The molecule has 0 atom stereocenters. The van der Waals surface area contributed by atoms with Crippen molar-refractivity contribution in [2.75, 3.05) is 25.6 Å². The van der Waals surface area contributed by atoms with Gasteiger partial charge in [0.25, 0.3) is 0 Å². The molecule has 2 aromatic rings. The second-order valence-corrected chi connectivity index (χ2v) is 5.17. The lowest BCUT2D eigenvalue weighted by atomic mass is 10.1. The van der Waals surface area contributed by atoms with E-state index in [-0.39, 0.29) is 0 Å². The minimum Gasteiger partial charge on any atom is -0.383 e. The first-order chi connectivity index (χ1) is 10.2. The largest absolute Gasteiger partial charge is 0.383 e. The third-order valence-electron chi connectivity index (χ3n) is 2.94. The predicted molar refractivity (Wildman–Crippen MR) is 88.6 cm³/mol. The van der Waals surface area contributed by atoms with Crippen molar-refractivity contribution in [3.63, 3.8) is 0 Å². The van der Waals surface area contributed by atoms with Gasteiger partial charge in [0.15, 0.2) is 10.9 Å². The van der Waals surface area contributed by atoms with Gasteiger partial charge in [0.2, 0.25) is 0 Å². The van der Waals surface area contributed by atoms with E-state index in [1.165, 1.54) is 11.1 Å². The van der Waals surface area contributed by atoms with Crippen molar-refractivity contribution in [3.05, 3.63) is 47.7 Å². The summed E-state index contributed by atoms with van der Waals surface area (Å²) in [5, 5.41) is 11.1. The van der Waals surface area contributed by atoms with Crippen LogP contribution in [0.2, 0.25) is 0 Å². The van der Waals surface area contributed by atoms with Gasteiger partial charge >= 0.3 is 0 Å². The normalized spacial score (nSPS) is 10.4. The zero-order chi connectivity index (χ0) is 15.1. The Kier molecular flexibility index (Phi) is 5.71. The van der Waals surface area contributed by atoms with Crippen LogP contribution in [0.1, 0.15) is 11.1 Å². The van der Waals surface area contributed by atoms with Gasteiger partial charge < -0.3 is 15.4 Å². The van der Waals surface area contributed by atoms with Crippen LogP contribution in [0.4, 0.5) is 5.82 Å². The molecular formula is C15H20N4OS. The zero-order valence-corrected chi connectivity index (χ0v) is 13.1. The monoisotopic (exact) mass is 304 g/mol. The molecule has 0 aliphatic carbocycles. The maximum Gasteiger partial charge on any atom is 0.172 e. The molecule has 112 valence electrons. The highest BCUT2D eigenvalue weighted by Crippen LogP contribution is 2.07. The second-order valence-electron chi connectivity index (χ2n) is 4.76. The van der Waals surface area contributed by atoms with E-state index >= 15 is 0 Å². The van der Waals surface area contributed by atoms with Crippen molar-refractivity contribution in [3.8, 4) is 0 Å². The van der Waals surface area contributed by atoms with Crippen LogP contribution in [-0.2, 0) is 11.3 Å². The van der Waals surface area contributed by atoms with E-state index < -0.39 is 0 Å². The van der Waals surface area contributed by atoms with E-state index in [2.05, 4.69) is 46.9 Å². The third kappa shape index (κ3) is 5.17. The van der Waals surface area contributed by atoms with E-state index in [1.807, 2.05) is 16.9 Å². The van der Waals surface area contributed by atoms with Crippen molar-refractivity contribution >= 4 is 23.1 Å². The van der Waals surface area contributed by atoms with Crippen molar-refractivity contribution in [2.45, 2.75) is 13.5 Å². The fraction of sp³-hybridized carbons (Fsp3) is 0.333. The number of thiocarbonyl (C=S) groups is 1. The lowest BCUT2D eigenvalue weighted by Gasteiger charge is -2.07. The first-order valence-electron chi connectivity index (χ1n) is 6.80. The quantitative estimate of drug-likeness (QED) is 0.633. The van der Waals surface area contributed by atoms with Crippen molar-refractivity contribution < 1.29 is 4.74 Å². The fourth-order valence-corrected chi connectivity index (χ4v) is 2.03. The highest BCUT2D eigenvalue weighted by atomic mass is 32.1. The number of ether oxygens (including phenoxy) is 1. The topological polar surface area (TPSA) is 51.1 Å². The Hall–Kier alpha value is -1.92. The number of rotatable bonds is 6. The van der Waals surface area contributed by atoms with Crippen LogP contribution in [0, 0.1) is 6.92 Å². The number of aromatic nitrogens is 2. The van der Waals surface area contributed by atoms with Crippen LogP contribution in [0.5, 0.6) is 0 Å². The minimum absolute atomic E-state index is 0.549. The first-order valence-corrected chi connectivity index (χ1v) is 7.21. The second kappa shape index (κ2) is 7.75. The molecule has 2 rings (SSSR count). The molecule has 5 nitrogen and oxygen atoms in total. The molecule has 0 saturated carbocycles. The Balaban J connectivity index is 1.86. The molecule has 6 heteroatoms. The molecule has 0 aliphatic rings. The summed E-state index contributed by atoms with van der Waals surface area (Å²) >= 11 is 5.18. The molecule has 2 N–H and O–H groups in total. The summed E-state index contributed by atoms with van der Waals surface area (Å²) < 4.78 is 6.83. The van der Waals surface area contributed by atoms with Gasteiger partial charge in [0.05, 0.1) is 13.2 Å². The molecule has 1 heterocycles. The number of benzene rings is 1. The molecule has 1 aromatic heterocycles. The van der Waals surface area contributed by atoms with Gasteiger partial charge in [-0.2, -0.15) is 5.10 Å². The molecule has 0 spiro atoms. The molecule has 0 aliphatic heterocycles. The summed E-state index contributed by atoms with van der Waals surface area (Å²) in [4.78, 5) is 0. The van der Waals surface area contributed by atoms with Crippen LogP contribution < -0.4 is 10.6 Å². The van der Waals surface area contributed by atoms with Gasteiger partial charge in [-0.1, -0.05) is 29.8 Å². The number of nitrogens with one attached hydrogen (secondary N) is 2. The van der Waals surface area contributed by atoms with Gasteiger partial charge in [-0.25, -0.2) is 0 Å². The lowest BCUT2D eigenvalue weighted by molar-refractivity contribution is 0.204. The number of methoxy groups -OCH3 is 1. The van der Waals surface area contributed by atoms with Crippen molar-refractivity contribution in [1.82, 2.24) is 15.1 Å². The molecule has 0 amide bonds. The molecule has 0 saturated heterocycles. The molecule has 1 aromatic carbocycles. The standard InChI is InChI=1S/C15H20N4OS/c1-12-3-5-13(6-4-12)11-19-9-7-14(18-19)17-15(21)16-8-10-20-2/h3-7,9H,8,10-11H2,1-2H3,(H2,16,17,18,21). The number of aryl methyl sites for hydroxylation is 1. The molecule has 0 radical (unpaired) electrons. The molecule has 0 unspecified atom stereocenters. The Morgan fingerprint density at radius 2 is 2.05 bits per heavy atom. The predicted octanol–water partition coefficient (Wildman–Crippen LogP) is 2.17. The SMILES string of the molecule is COCCNC(=S)Nc1ccn(Cc2ccc(C)cc2)n1. The Morgan fingerprint density at radius 1 is 1.29 bits per heavy atom. The summed E-state index contributed by atoms with van der Waals surface area (Å²) in [7, 11) is 1.66. The maximum absolute atomic E-state index is 5.18. The molecule has 0 fully saturated rings. The summed E-state index contributed by atoms with van der Waals surface area (Å²) in [5.74, 6) is 0.733. The van der Waals surface area contributed by atoms with E-state index in [4.69, 9.17) is 17.0 Å². The highest BCUT2D eigenvalue weighted by molar-refractivity contribution is 7.80. The van der Waals surface area contributed by atoms with Gasteiger partial charge in [0.1, 0.15) is 0 Å². The average Bonchev–Trinajstić information content (AvgIpc) is 2.89. The first kappa shape index (κ1) is 15.5. The highest BCUT2D eigenvalue weighted by Gasteiger charge is 2.02. The lowest BCUT2D eigenvalue weighted by Crippen LogP contribution is -2.31. The van der Waals surface area contributed by atoms with Crippen molar-refractivity contribution in [1.29, 1.82) is 0 Å². The molecule has 0 bridgehead atoms. The smallest absolute Gasteiger partial charge is 0.172 e. The van der Waals surface area contributed by atoms with Crippen LogP contribution in [0.25, 0.3) is 0 Å². The summed E-state index contributed by atoms with van der Waals surface area (Å²) in [6.45, 7) is 4.11. The van der Waals surface area contributed by atoms with Crippen LogP contribution >= 0.6 is 12.2 Å². The van der Waals surface area contributed by atoms with Crippen LogP contribution in [0.3, 0.4) is 0 Å². The minimum atomic E-state index is 0.549. The number of anilines is 1. The zero-order valence-electron chi connectivity index (χ0n) is 12.3. The van der Waals surface area contributed by atoms with E-state index in [9.17, 15) is 0 Å². The van der Waals surface area contributed by atoms with E-state index in [0.717, 1.165) is 12.4 Å². The van der Waals surface area contributed by atoms with Gasteiger partial charge in [0, 0.05) is 25.9 Å². The van der Waals surface area contributed by atoms with Crippen molar-refractivity contribution in [2.24, 2.45) is 0 Å². The third-order valence-corrected chi connectivity index (χ3v) is 3.19. The van der Waals surface area contributed by atoms with Crippen LogP contribution in [0.15, 0.2) is 36.5 Å². The van der Waals surface area contributed by atoms with Crippen LogP contribution in [-0.4, -0.2) is 35.2 Å². The number of hydrogen-bond donors (Lipinski definition) is 2. The Labute approximate surface area is 130 Å². The summed E-state index contributed by atoms with van der Waals surface area (Å²) in [6, 6.07) is 10.3. The number of hydrogen-bond acceptors (Lipinski definition) is 3. The maximum atomic E-state index is 5.18. The summed E-state index contributed by atoms with van der Waals surface area (Å²) in [6.07, 6.45) is 1.93. The Bertz CT molecular complexity index is 580. The summed E-state index contributed by atoms with van der Waals surface area (Å²) in [5.41, 5.74) is 2.48. The Morgan fingerprint density at radius 3 is 2.76 bits per heavy atom. The molecule has 21 heavy (non-hydrogen) atoms. The van der Waals surface area contributed by atoms with Gasteiger partial charge in [-0.15, -0.1) is 0 Å². The fourth-order valence-electron chi connectivity index (χ4n) is 1.82. The van der Waals surface area contributed by atoms with Gasteiger partial charge in [-0.3, -0.25) is 4.68 Å². The van der Waals surface area contributed by atoms with E-state index in [1.54, 1.807) is 7.11 Å². The van der Waals surface area contributed by atoms with E-state index in [0.29, 0.717) is 18.3 Å². The number of nitrogens with zero attached hydrogens (tertiary/aromatic N) is 2.